The number of piperidine rings is 1. The molecule has 3 atom stereocenters. The Bertz CT molecular complexity index is 138. The first kappa shape index (κ1) is 6.53. The molecule has 1 saturated heterocycles. The van der Waals surface area contributed by atoms with E-state index >= 15 is 0 Å². The van der Waals surface area contributed by atoms with Crippen molar-refractivity contribution in [1.82, 2.24) is 5.32 Å². The summed E-state index contributed by atoms with van der Waals surface area (Å²) in [7, 11) is 0. The van der Waals surface area contributed by atoms with Gasteiger partial charge in [0.15, 0.2) is 0 Å². The maximum Gasteiger partial charge on any atom is 0.242 e. The molecule has 1 saturated carbocycles. The van der Waals surface area contributed by atoms with Crippen molar-refractivity contribution in [3.63, 3.8) is 0 Å². The Balaban J connectivity index is 2.02. The second-order valence-corrected chi connectivity index (χ2v) is 3.35. The maximum atomic E-state index is 12.2. The lowest BCUT2D eigenvalue weighted by Crippen LogP contribution is -2.36. The van der Waals surface area contributed by atoms with E-state index in [9.17, 15) is 8.78 Å². The molecule has 0 aromatic rings. The average Bonchev–Trinajstić information content (AvgIpc) is 2.44. The van der Waals surface area contributed by atoms with Gasteiger partial charge in [0, 0.05) is 12.0 Å². The highest BCUT2D eigenvalue weighted by Crippen LogP contribution is 2.38. The van der Waals surface area contributed by atoms with Crippen LogP contribution in [0.25, 0.3) is 0 Å². The van der Waals surface area contributed by atoms with E-state index in [4.69, 9.17) is 0 Å². The molecule has 1 N–H and O–H groups in total. The highest BCUT2D eigenvalue weighted by molar-refractivity contribution is 4.96. The summed E-state index contributed by atoms with van der Waals surface area (Å²) in [5.74, 6) is 0.197. The fourth-order valence-corrected chi connectivity index (χ4v) is 2.18. The Morgan fingerprint density at radius 1 is 1.30 bits per heavy atom. The lowest BCUT2D eigenvalue weighted by molar-refractivity contribution is 0.0583. The van der Waals surface area contributed by atoms with Crippen molar-refractivity contribution >= 4 is 0 Å². The summed E-state index contributed by atoms with van der Waals surface area (Å²) in [4.78, 5) is 0. The van der Waals surface area contributed by atoms with Crippen molar-refractivity contribution in [2.45, 2.75) is 25.3 Å². The Morgan fingerprint density at radius 2 is 2.10 bits per heavy atom. The molecule has 2 aliphatic rings. The molecule has 2 fully saturated rings. The molecule has 0 aromatic carbocycles. The lowest BCUT2D eigenvalue weighted by atomic mass is 10.0. The number of hydrogen-bond acceptors (Lipinski definition) is 1. The minimum Gasteiger partial charge on any atom is -0.313 e. The summed E-state index contributed by atoms with van der Waals surface area (Å²) in [6, 6.07) is 0.130. The third-order valence-electron chi connectivity index (χ3n) is 2.70. The molecular weight excluding hydrogens is 136 g/mol. The molecule has 3 unspecified atom stereocenters. The number of hydrogen-bond donors (Lipinski definition) is 1. The molecule has 2 rings (SSSR count). The smallest absolute Gasteiger partial charge is 0.242 e. The quantitative estimate of drug-likeness (QED) is 0.588. The van der Waals surface area contributed by atoms with Crippen LogP contribution in [0.1, 0.15) is 12.8 Å². The first-order valence-electron chi connectivity index (χ1n) is 3.79. The molecule has 0 radical (unpaired) electrons. The number of nitrogens with one attached hydrogen (secondary N) is 1. The second-order valence-electron chi connectivity index (χ2n) is 3.35. The minimum atomic E-state index is -2.11. The van der Waals surface area contributed by atoms with Gasteiger partial charge in [-0.1, -0.05) is 0 Å². The molecule has 0 amide bonds. The van der Waals surface area contributed by atoms with Gasteiger partial charge in [0.2, 0.25) is 6.43 Å². The number of fused-ring (bicyclic) bond motifs is 2. The van der Waals surface area contributed by atoms with Gasteiger partial charge in [-0.2, -0.15) is 0 Å². The monoisotopic (exact) mass is 147 g/mol. The first-order chi connectivity index (χ1) is 4.77. The SMILES string of the molecule is FC(F)C1CC2CNC1C2. The van der Waals surface area contributed by atoms with Gasteiger partial charge in [0.1, 0.15) is 0 Å². The summed E-state index contributed by atoms with van der Waals surface area (Å²) >= 11 is 0. The van der Waals surface area contributed by atoms with Gasteiger partial charge in [0.25, 0.3) is 0 Å². The van der Waals surface area contributed by atoms with Crippen molar-refractivity contribution in [1.29, 1.82) is 0 Å². The van der Waals surface area contributed by atoms with Crippen molar-refractivity contribution in [3.8, 4) is 0 Å². The van der Waals surface area contributed by atoms with Gasteiger partial charge >= 0.3 is 0 Å². The zero-order chi connectivity index (χ0) is 7.14. The van der Waals surface area contributed by atoms with E-state index in [0.717, 1.165) is 19.4 Å². The Morgan fingerprint density at radius 3 is 2.40 bits per heavy atom. The topological polar surface area (TPSA) is 12.0 Å². The standard InChI is InChI=1S/C7H11F2N/c8-7(9)5-1-4-2-6(5)10-3-4/h4-7,10H,1-3H2. The summed E-state index contributed by atoms with van der Waals surface area (Å²) in [6.45, 7) is 0.966. The van der Waals surface area contributed by atoms with Crippen LogP contribution < -0.4 is 5.32 Å². The van der Waals surface area contributed by atoms with Crippen LogP contribution in [0, 0.1) is 11.8 Å². The highest BCUT2D eigenvalue weighted by Gasteiger charge is 2.43. The van der Waals surface area contributed by atoms with E-state index in [1.807, 2.05) is 0 Å². The van der Waals surface area contributed by atoms with Crippen molar-refractivity contribution < 1.29 is 8.78 Å². The maximum absolute atomic E-state index is 12.2. The molecule has 3 heteroatoms. The Kier molecular flexibility index (Phi) is 1.41. The molecule has 0 spiro atoms. The summed E-state index contributed by atoms with van der Waals surface area (Å²) in [5.41, 5.74) is 0. The highest BCUT2D eigenvalue weighted by atomic mass is 19.3. The van der Waals surface area contributed by atoms with Gasteiger partial charge in [0.05, 0.1) is 0 Å². The van der Waals surface area contributed by atoms with Crippen LogP contribution in [0.4, 0.5) is 8.78 Å². The number of rotatable bonds is 1. The molecule has 2 bridgehead atoms. The Labute approximate surface area is 58.8 Å². The van der Waals surface area contributed by atoms with E-state index in [-0.39, 0.29) is 12.0 Å². The van der Waals surface area contributed by atoms with Crippen LogP contribution >= 0.6 is 0 Å². The zero-order valence-electron chi connectivity index (χ0n) is 5.69. The molecule has 10 heavy (non-hydrogen) atoms. The lowest BCUT2D eigenvalue weighted by Gasteiger charge is -2.21. The normalized spacial score (nSPS) is 45.3. The average molecular weight is 147 g/mol. The van der Waals surface area contributed by atoms with E-state index in [1.165, 1.54) is 0 Å². The van der Waals surface area contributed by atoms with Crippen LogP contribution in [0.5, 0.6) is 0 Å². The summed E-state index contributed by atoms with van der Waals surface area (Å²) in [6.07, 6.45) is -0.382. The summed E-state index contributed by atoms with van der Waals surface area (Å²) in [5, 5.41) is 3.11. The minimum absolute atomic E-state index is 0.130. The van der Waals surface area contributed by atoms with Crippen LogP contribution in [0.2, 0.25) is 0 Å². The van der Waals surface area contributed by atoms with E-state index < -0.39 is 6.43 Å². The third-order valence-corrected chi connectivity index (χ3v) is 2.70. The molecule has 1 nitrogen and oxygen atoms in total. The van der Waals surface area contributed by atoms with Crippen molar-refractivity contribution in [2.24, 2.45) is 11.8 Å². The van der Waals surface area contributed by atoms with Gasteiger partial charge in [-0.15, -0.1) is 0 Å². The predicted molar refractivity (Wildman–Crippen MR) is 34.0 cm³/mol. The van der Waals surface area contributed by atoms with Crippen LogP contribution in [-0.4, -0.2) is 19.0 Å². The Hall–Kier alpha value is -0.180. The van der Waals surface area contributed by atoms with Crippen molar-refractivity contribution in [2.75, 3.05) is 6.54 Å². The largest absolute Gasteiger partial charge is 0.313 e. The van der Waals surface area contributed by atoms with Crippen LogP contribution in [0.15, 0.2) is 0 Å². The van der Waals surface area contributed by atoms with E-state index in [2.05, 4.69) is 5.32 Å². The predicted octanol–water partition coefficient (Wildman–Crippen LogP) is 1.25. The number of halogens is 2. The fraction of sp³-hybridized carbons (Fsp3) is 1.00. The fourth-order valence-electron chi connectivity index (χ4n) is 2.18. The molecule has 58 valence electrons. The second kappa shape index (κ2) is 2.16. The molecule has 1 aliphatic carbocycles. The van der Waals surface area contributed by atoms with Gasteiger partial charge in [-0.05, 0) is 25.3 Å². The van der Waals surface area contributed by atoms with E-state index in [0.29, 0.717) is 5.92 Å². The number of alkyl halides is 2. The van der Waals surface area contributed by atoms with Gasteiger partial charge in [-0.3, -0.25) is 0 Å². The van der Waals surface area contributed by atoms with Crippen LogP contribution in [0.3, 0.4) is 0 Å². The van der Waals surface area contributed by atoms with Crippen LogP contribution in [-0.2, 0) is 0 Å². The van der Waals surface area contributed by atoms with Gasteiger partial charge in [-0.25, -0.2) is 8.78 Å². The third kappa shape index (κ3) is 0.839. The molecule has 0 aromatic heterocycles. The summed E-state index contributed by atoms with van der Waals surface area (Å²) < 4.78 is 24.3. The molecule has 1 heterocycles. The molecule has 1 aliphatic heterocycles. The van der Waals surface area contributed by atoms with E-state index in [1.54, 1.807) is 0 Å². The first-order valence-corrected chi connectivity index (χ1v) is 3.79. The molecular formula is C7H11F2N. The zero-order valence-corrected chi connectivity index (χ0v) is 5.69. The van der Waals surface area contributed by atoms with Crippen molar-refractivity contribution in [3.05, 3.63) is 0 Å². The van der Waals surface area contributed by atoms with Gasteiger partial charge < -0.3 is 5.32 Å².